The molecule has 0 unspecified atom stereocenters. The van der Waals surface area contributed by atoms with E-state index in [9.17, 15) is 4.79 Å². The predicted molar refractivity (Wildman–Crippen MR) is 94.8 cm³/mol. The van der Waals surface area contributed by atoms with Crippen molar-refractivity contribution in [3.8, 4) is 5.75 Å². The summed E-state index contributed by atoms with van der Waals surface area (Å²) in [5.74, 6) is 0.693. The van der Waals surface area contributed by atoms with Crippen molar-refractivity contribution in [2.24, 2.45) is 0 Å². The van der Waals surface area contributed by atoms with E-state index < -0.39 is 0 Å². The fraction of sp³-hybridized carbons (Fsp3) is 0.438. The van der Waals surface area contributed by atoms with Crippen LogP contribution in [0.15, 0.2) is 16.5 Å². The Kier molecular flexibility index (Phi) is 5.34. The average Bonchev–Trinajstić information content (AvgIpc) is 3.12. The number of aromatic nitrogens is 2. The highest BCUT2D eigenvalue weighted by atomic mass is 35.5. The smallest absolute Gasteiger partial charge is 0.318 e. The molecular weight excluding hydrogens is 367 g/mol. The van der Waals surface area contributed by atoms with Gasteiger partial charge in [-0.1, -0.05) is 35.2 Å². The van der Waals surface area contributed by atoms with E-state index in [-0.39, 0.29) is 11.5 Å². The van der Waals surface area contributed by atoms with Gasteiger partial charge in [0.25, 0.3) is 5.91 Å². The molecule has 134 valence electrons. The second-order valence-electron chi connectivity index (χ2n) is 5.55. The van der Waals surface area contributed by atoms with Gasteiger partial charge in [-0.05, 0) is 12.1 Å². The van der Waals surface area contributed by atoms with Crippen LogP contribution in [0.25, 0.3) is 0 Å². The van der Waals surface area contributed by atoms with E-state index in [1.165, 1.54) is 7.11 Å². The lowest BCUT2D eigenvalue weighted by atomic mass is 10.1. The standard InChI is InChI=1S/C16H18Cl2N4O3/c1-3-12-19-20-16(25-12)22-8-6-21(7-9-22)15(23)13-10(17)4-5-11(18)14(13)24-2/h4-5H,3,6-9H2,1-2H3. The Labute approximate surface area is 155 Å². The quantitative estimate of drug-likeness (QED) is 0.806. The normalized spacial score (nSPS) is 14.7. The van der Waals surface area contributed by atoms with E-state index >= 15 is 0 Å². The molecule has 1 aromatic carbocycles. The zero-order valence-electron chi connectivity index (χ0n) is 14.0. The number of benzene rings is 1. The van der Waals surface area contributed by atoms with Crippen LogP contribution in [0.5, 0.6) is 5.75 Å². The topological polar surface area (TPSA) is 71.7 Å². The van der Waals surface area contributed by atoms with Crippen LogP contribution in [0.2, 0.25) is 10.0 Å². The predicted octanol–water partition coefficient (Wildman–Crippen LogP) is 2.91. The summed E-state index contributed by atoms with van der Waals surface area (Å²) in [6.07, 6.45) is 0.693. The minimum atomic E-state index is -0.205. The first-order valence-corrected chi connectivity index (χ1v) is 8.69. The van der Waals surface area contributed by atoms with Crippen molar-refractivity contribution in [3.63, 3.8) is 0 Å². The van der Waals surface area contributed by atoms with Crippen molar-refractivity contribution < 1.29 is 13.9 Å². The molecule has 0 spiro atoms. The van der Waals surface area contributed by atoms with Gasteiger partial charge in [0.1, 0.15) is 5.56 Å². The molecule has 1 aliphatic heterocycles. The fourth-order valence-electron chi connectivity index (χ4n) is 2.71. The van der Waals surface area contributed by atoms with Crippen LogP contribution in [-0.4, -0.2) is 54.3 Å². The Morgan fingerprint density at radius 2 is 1.88 bits per heavy atom. The molecule has 2 heterocycles. The third-order valence-electron chi connectivity index (χ3n) is 4.07. The SMILES string of the molecule is CCc1nnc(N2CCN(C(=O)c3c(Cl)ccc(Cl)c3OC)CC2)o1. The summed E-state index contributed by atoms with van der Waals surface area (Å²) in [6.45, 7) is 4.16. The first kappa shape index (κ1) is 17.8. The summed E-state index contributed by atoms with van der Waals surface area (Å²) in [5.41, 5.74) is 0.288. The maximum Gasteiger partial charge on any atom is 0.318 e. The van der Waals surface area contributed by atoms with Crippen LogP contribution in [0.1, 0.15) is 23.2 Å². The maximum atomic E-state index is 12.9. The van der Waals surface area contributed by atoms with Gasteiger partial charge < -0.3 is 19.0 Å². The van der Waals surface area contributed by atoms with Gasteiger partial charge in [0.2, 0.25) is 5.89 Å². The summed E-state index contributed by atoms with van der Waals surface area (Å²) in [6, 6.07) is 3.70. The number of hydrogen-bond donors (Lipinski definition) is 0. The summed E-state index contributed by atoms with van der Waals surface area (Å²) in [7, 11) is 1.47. The van der Waals surface area contributed by atoms with Crippen molar-refractivity contribution in [3.05, 3.63) is 33.6 Å². The third kappa shape index (κ3) is 3.52. The first-order chi connectivity index (χ1) is 12.0. The third-order valence-corrected chi connectivity index (χ3v) is 4.69. The van der Waals surface area contributed by atoms with E-state index in [1.54, 1.807) is 17.0 Å². The van der Waals surface area contributed by atoms with Gasteiger partial charge >= 0.3 is 6.01 Å². The van der Waals surface area contributed by atoms with Crippen LogP contribution in [-0.2, 0) is 6.42 Å². The lowest BCUT2D eigenvalue weighted by Gasteiger charge is -2.34. The van der Waals surface area contributed by atoms with Crippen LogP contribution in [0, 0.1) is 0 Å². The summed E-state index contributed by atoms with van der Waals surface area (Å²) < 4.78 is 10.8. The molecule has 1 aliphatic rings. The molecule has 0 bridgehead atoms. The molecule has 1 saturated heterocycles. The highest BCUT2D eigenvalue weighted by Crippen LogP contribution is 2.35. The molecule has 1 fully saturated rings. The molecule has 0 radical (unpaired) electrons. The van der Waals surface area contributed by atoms with Crippen molar-refractivity contribution in [2.45, 2.75) is 13.3 Å². The van der Waals surface area contributed by atoms with E-state index in [1.807, 2.05) is 11.8 Å². The van der Waals surface area contributed by atoms with E-state index in [0.29, 0.717) is 60.3 Å². The number of ether oxygens (including phenoxy) is 1. The number of nitrogens with zero attached hydrogens (tertiary/aromatic N) is 4. The molecule has 3 rings (SSSR count). The van der Waals surface area contributed by atoms with Crippen LogP contribution in [0.3, 0.4) is 0 Å². The Hall–Kier alpha value is -1.99. The van der Waals surface area contributed by atoms with Crippen molar-refractivity contribution >= 4 is 35.1 Å². The maximum absolute atomic E-state index is 12.9. The molecule has 7 nitrogen and oxygen atoms in total. The van der Waals surface area contributed by atoms with Crippen molar-refractivity contribution in [2.75, 3.05) is 38.2 Å². The molecule has 0 atom stereocenters. The van der Waals surface area contributed by atoms with Crippen LogP contribution in [0.4, 0.5) is 6.01 Å². The summed E-state index contributed by atoms with van der Waals surface area (Å²) in [4.78, 5) is 16.6. The molecule has 25 heavy (non-hydrogen) atoms. The molecule has 0 saturated carbocycles. The van der Waals surface area contributed by atoms with Crippen LogP contribution >= 0.6 is 23.2 Å². The number of aryl methyl sites for hydroxylation is 1. The van der Waals surface area contributed by atoms with Crippen LogP contribution < -0.4 is 9.64 Å². The lowest BCUT2D eigenvalue weighted by molar-refractivity contribution is 0.0741. The highest BCUT2D eigenvalue weighted by molar-refractivity contribution is 6.37. The number of piperazine rings is 1. The number of methoxy groups -OCH3 is 1. The Balaban J connectivity index is 1.73. The van der Waals surface area contributed by atoms with E-state index in [0.717, 1.165) is 0 Å². The summed E-state index contributed by atoms with van der Waals surface area (Å²) >= 11 is 12.3. The van der Waals surface area contributed by atoms with Gasteiger partial charge in [-0.25, -0.2) is 0 Å². The van der Waals surface area contributed by atoms with Gasteiger partial charge in [-0.2, -0.15) is 0 Å². The molecule has 0 N–H and O–H groups in total. The Morgan fingerprint density at radius 3 is 2.48 bits per heavy atom. The van der Waals surface area contributed by atoms with Gasteiger partial charge in [-0.3, -0.25) is 4.79 Å². The Bertz CT molecular complexity index is 773. The minimum Gasteiger partial charge on any atom is -0.494 e. The number of halogens is 2. The second kappa shape index (κ2) is 7.49. The van der Waals surface area contributed by atoms with E-state index in [4.69, 9.17) is 32.4 Å². The minimum absolute atomic E-state index is 0.205. The monoisotopic (exact) mass is 384 g/mol. The highest BCUT2D eigenvalue weighted by Gasteiger charge is 2.28. The summed E-state index contributed by atoms with van der Waals surface area (Å²) in [5, 5.41) is 8.68. The van der Waals surface area contributed by atoms with Gasteiger partial charge in [-0.15, -0.1) is 5.10 Å². The number of rotatable bonds is 4. The van der Waals surface area contributed by atoms with Gasteiger partial charge in [0, 0.05) is 32.6 Å². The molecular formula is C16H18Cl2N4O3. The number of amides is 1. The number of carbonyl (C=O) groups is 1. The first-order valence-electron chi connectivity index (χ1n) is 7.93. The molecule has 2 aromatic rings. The van der Waals surface area contributed by atoms with Crippen molar-refractivity contribution in [1.29, 1.82) is 0 Å². The van der Waals surface area contributed by atoms with E-state index in [2.05, 4.69) is 10.2 Å². The number of carbonyl (C=O) groups excluding carboxylic acids is 1. The van der Waals surface area contributed by atoms with Gasteiger partial charge in [0.05, 0.1) is 17.2 Å². The molecule has 0 aliphatic carbocycles. The lowest BCUT2D eigenvalue weighted by Crippen LogP contribution is -2.49. The largest absolute Gasteiger partial charge is 0.494 e. The van der Waals surface area contributed by atoms with Crippen molar-refractivity contribution in [1.82, 2.24) is 15.1 Å². The van der Waals surface area contributed by atoms with Gasteiger partial charge in [0.15, 0.2) is 5.75 Å². The molecule has 1 aromatic heterocycles. The number of hydrogen-bond acceptors (Lipinski definition) is 6. The zero-order valence-corrected chi connectivity index (χ0v) is 15.5. The fourth-order valence-corrected chi connectivity index (χ4v) is 3.17. The molecule has 9 heteroatoms. The Morgan fingerprint density at radius 1 is 1.20 bits per heavy atom. The molecule has 1 amide bonds. The number of anilines is 1. The average molecular weight is 385 g/mol. The second-order valence-corrected chi connectivity index (χ2v) is 6.36. The zero-order chi connectivity index (χ0) is 18.0.